The van der Waals surface area contributed by atoms with Crippen LogP contribution in [0.3, 0.4) is 0 Å². The van der Waals surface area contributed by atoms with Gasteiger partial charge in [0, 0.05) is 25.2 Å². The third-order valence-electron chi connectivity index (χ3n) is 3.67. The van der Waals surface area contributed by atoms with Crippen LogP contribution in [-0.4, -0.2) is 55.0 Å². The molecule has 1 aliphatic heterocycles. The summed E-state index contributed by atoms with van der Waals surface area (Å²) in [5.74, 6) is 0.772. The first-order chi connectivity index (χ1) is 9.63. The Hall–Kier alpha value is -1.08. The molecule has 0 bridgehead atoms. The first-order valence-corrected chi connectivity index (χ1v) is 7.01. The lowest BCUT2D eigenvalue weighted by molar-refractivity contribution is -0.0326. The smallest absolute Gasteiger partial charge is 0.488 e. The Morgan fingerprint density at radius 1 is 1.45 bits per heavy atom. The van der Waals surface area contributed by atoms with Crippen molar-refractivity contribution in [2.75, 3.05) is 26.8 Å². The van der Waals surface area contributed by atoms with E-state index in [0.717, 1.165) is 44.0 Å². The van der Waals surface area contributed by atoms with Gasteiger partial charge in [-0.2, -0.15) is 0 Å². The molecule has 1 unspecified atom stereocenters. The fourth-order valence-corrected chi connectivity index (χ4v) is 2.49. The van der Waals surface area contributed by atoms with Crippen LogP contribution in [0, 0.1) is 0 Å². The second kappa shape index (κ2) is 7.08. The molecule has 0 aliphatic carbocycles. The summed E-state index contributed by atoms with van der Waals surface area (Å²) in [6, 6.07) is 5.24. The molecular weight excluding hydrogens is 257 g/mol. The molecule has 1 fully saturated rings. The number of benzene rings is 1. The summed E-state index contributed by atoms with van der Waals surface area (Å²) in [7, 11) is 0.176. The van der Waals surface area contributed by atoms with Crippen LogP contribution in [-0.2, 0) is 11.3 Å². The van der Waals surface area contributed by atoms with Crippen LogP contribution >= 0.6 is 0 Å². The Kier molecular flexibility index (Phi) is 5.42. The van der Waals surface area contributed by atoms with Crippen molar-refractivity contribution in [2.45, 2.75) is 26.0 Å². The van der Waals surface area contributed by atoms with E-state index in [1.165, 1.54) is 0 Å². The zero-order valence-corrected chi connectivity index (χ0v) is 12.1. The Morgan fingerprint density at radius 3 is 2.90 bits per heavy atom. The molecule has 1 atom stereocenters. The number of rotatable bonds is 5. The minimum absolute atomic E-state index is 0.279. The Balaban J connectivity index is 2.12. The van der Waals surface area contributed by atoms with Crippen molar-refractivity contribution in [3.05, 3.63) is 23.8 Å². The quantitative estimate of drug-likeness (QED) is 0.742. The molecule has 0 saturated carbocycles. The molecule has 1 aromatic carbocycles. The molecule has 0 spiro atoms. The summed E-state index contributed by atoms with van der Waals surface area (Å²) in [4.78, 5) is 2.31. The molecular formula is C14H22BNO4. The van der Waals surface area contributed by atoms with Gasteiger partial charge in [0.1, 0.15) is 5.75 Å². The van der Waals surface area contributed by atoms with Crippen LogP contribution in [0.15, 0.2) is 18.2 Å². The lowest BCUT2D eigenvalue weighted by Crippen LogP contribution is -2.41. The highest BCUT2D eigenvalue weighted by Gasteiger charge is 2.21. The zero-order valence-electron chi connectivity index (χ0n) is 12.1. The summed E-state index contributed by atoms with van der Waals surface area (Å²) in [6.07, 6.45) is 1.28. The molecule has 1 heterocycles. The number of nitrogens with zero attached hydrogens (tertiary/aromatic N) is 1. The Morgan fingerprint density at radius 2 is 2.25 bits per heavy atom. The van der Waals surface area contributed by atoms with Crippen LogP contribution in [0.4, 0.5) is 0 Å². The topological polar surface area (TPSA) is 62.2 Å². The highest BCUT2D eigenvalue weighted by Crippen LogP contribution is 2.20. The molecule has 5 nitrogen and oxygen atoms in total. The molecule has 2 N–H and O–H groups in total. The molecule has 0 aromatic heterocycles. The molecule has 0 amide bonds. The van der Waals surface area contributed by atoms with E-state index < -0.39 is 7.12 Å². The average molecular weight is 279 g/mol. The van der Waals surface area contributed by atoms with Crippen molar-refractivity contribution in [1.82, 2.24) is 4.90 Å². The molecule has 0 radical (unpaired) electrons. The second-order valence-electron chi connectivity index (χ2n) is 5.08. The van der Waals surface area contributed by atoms with E-state index >= 15 is 0 Å². The molecule has 6 heteroatoms. The molecule has 110 valence electrons. The third kappa shape index (κ3) is 3.73. The van der Waals surface area contributed by atoms with Gasteiger partial charge in [-0.3, -0.25) is 4.90 Å². The highest BCUT2D eigenvalue weighted by atomic mass is 16.5. The third-order valence-corrected chi connectivity index (χ3v) is 3.67. The van der Waals surface area contributed by atoms with Crippen LogP contribution in [0.25, 0.3) is 0 Å². The standard InChI is InChI=1S/C14H22BNO4/c1-3-13-10-16(6-7-20-13)9-11-8-12(15(17)18)4-5-14(11)19-2/h4-5,8,13,17-18H,3,6-7,9-10H2,1-2H3. The van der Waals surface area contributed by atoms with Gasteiger partial charge in [0.2, 0.25) is 0 Å². The first-order valence-electron chi connectivity index (χ1n) is 7.01. The fourth-order valence-electron chi connectivity index (χ4n) is 2.49. The largest absolute Gasteiger partial charge is 0.496 e. The van der Waals surface area contributed by atoms with Crippen LogP contribution < -0.4 is 10.2 Å². The average Bonchev–Trinajstić information content (AvgIpc) is 2.47. The van der Waals surface area contributed by atoms with Gasteiger partial charge in [-0.1, -0.05) is 19.1 Å². The summed E-state index contributed by atoms with van der Waals surface area (Å²) >= 11 is 0. The minimum atomic E-state index is -1.45. The molecule has 1 saturated heterocycles. The van der Waals surface area contributed by atoms with E-state index in [-0.39, 0.29) is 6.10 Å². The molecule has 1 aliphatic rings. The van der Waals surface area contributed by atoms with Crippen molar-refractivity contribution in [3.8, 4) is 5.75 Å². The lowest BCUT2D eigenvalue weighted by Gasteiger charge is -2.32. The van der Waals surface area contributed by atoms with E-state index in [0.29, 0.717) is 5.46 Å². The van der Waals surface area contributed by atoms with Gasteiger partial charge in [0.25, 0.3) is 0 Å². The SMILES string of the molecule is CCC1CN(Cc2cc(B(O)O)ccc2OC)CCO1. The van der Waals surface area contributed by atoms with Gasteiger partial charge >= 0.3 is 7.12 Å². The normalized spacial score (nSPS) is 19.9. The maximum atomic E-state index is 9.28. The van der Waals surface area contributed by atoms with Gasteiger partial charge in [-0.25, -0.2) is 0 Å². The number of hydrogen-bond donors (Lipinski definition) is 2. The van der Waals surface area contributed by atoms with Crippen LogP contribution in [0.5, 0.6) is 5.75 Å². The second-order valence-corrected chi connectivity index (χ2v) is 5.08. The Bertz CT molecular complexity index is 441. The molecule has 2 rings (SSSR count). The van der Waals surface area contributed by atoms with E-state index in [9.17, 15) is 10.0 Å². The van der Waals surface area contributed by atoms with Crippen LogP contribution in [0.2, 0.25) is 0 Å². The monoisotopic (exact) mass is 279 g/mol. The van der Waals surface area contributed by atoms with Crippen molar-refractivity contribution in [2.24, 2.45) is 0 Å². The summed E-state index contributed by atoms with van der Waals surface area (Å²) in [6.45, 7) is 5.36. The molecule has 1 aromatic rings. The van der Waals surface area contributed by atoms with Gasteiger partial charge < -0.3 is 19.5 Å². The molecule has 20 heavy (non-hydrogen) atoms. The maximum absolute atomic E-state index is 9.28. The number of ether oxygens (including phenoxy) is 2. The van der Waals surface area contributed by atoms with Gasteiger partial charge in [0.05, 0.1) is 19.8 Å². The number of methoxy groups -OCH3 is 1. The zero-order chi connectivity index (χ0) is 14.5. The summed E-state index contributed by atoms with van der Waals surface area (Å²) in [5, 5.41) is 18.6. The van der Waals surface area contributed by atoms with Crippen molar-refractivity contribution in [3.63, 3.8) is 0 Å². The van der Waals surface area contributed by atoms with E-state index in [1.807, 2.05) is 0 Å². The maximum Gasteiger partial charge on any atom is 0.488 e. The van der Waals surface area contributed by atoms with Gasteiger partial charge in [-0.05, 0) is 17.9 Å². The van der Waals surface area contributed by atoms with E-state index in [2.05, 4.69) is 11.8 Å². The fraction of sp³-hybridized carbons (Fsp3) is 0.571. The number of morpholine rings is 1. The predicted molar refractivity (Wildman–Crippen MR) is 78.1 cm³/mol. The summed E-state index contributed by atoms with van der Waals surface area (Å²) < 4.78 is 11.0. The van der Waals surface area contributed by atoms with Crippen molar-refractivity contribution < 1.29 is 19.5 Å². The number of hydrogen-bond acceptors (Lipinski definition) is 5. The highest BCUT2D eigenvalue weighted by molar-refractivity contribution is 6.58. The van der Waals surface area contributed by atoms with E-state index in [1.54, 1.807) is 25.3 Å². The van der Waals surface area contributed by atoms with Gasteiger partial charge in [0.15, 0.2) is 0 Å². The van der Waals surface area contributed by atoms with Gasteiger partial charge in [-0.15, -0.1) is 0 Å². The first kappa shape index (κ1) is 15.3. The van der Waals surface area contributed by atoms with Crippen molar-refractivity contribution in [1.29, 1.82) is 0 Å². The van der Waals surface area contributed by atoms with E-state index in [4.69, 9.17) is 9.47 Å². The van der Waals surface area contributed by atoms with Crippen molar-refractivity contribution >= 4 is 12.6 Å². The lowest BCUT2D eigenvalue weighted by atomic mass is 9.79. The minimum Gasteiger partial charge on any atom is -0.496 e. The Labute approximate surface area is 120 Å². The van der Waals surface area contributed by atoms with Crippen LogP contribution in [0.1, 0.15) is 18.9 Å². The predicted octanol–water partition coefficient (Wildman–Crippen LogP) is -0.0142. The summed E-state index contributed by atoms with van der Waals surface area (Å²) in [5.41, 5.74) is 1.45.